The molecule has 14 heavy (non-hydrogen) atoms. The molecule has 0 spiro atoms. The van der Waals surface area contributed by atoms with E-state index in [0.717, 1.165) is 25.9 Å². The quantitative estimate of drug-likeness (QED) is 0.640. The second-order valence-electron chi connectivity index (χ2n) is 4.20. The van der Waals surface area contributed by atoms with Crippen LogP contribution in [-0.2, 0) is 4.74 Å². The van der Waals surface area contributed by atoms with Crippen LogP contribution < -0.4 is 5.73 Å². The van der Waals surface area contributed by atoms with E-state index in [4.69, 9.17) is 10.5 Å². The lowest BCUT2D eigenvalue weighted by atomic mass is 9.89. The summed E-state index contributed by atoms with van der Waals surface area (Å²) in [6.45, 7) is 12.9. The highest BCUT2D eigenvalue weighted by atomic mass is 16.5. The minimum absolute atomic E-state index is 0.101. The molecule has 2 nitrogen and oxygen atoms in total. The van der Waals surface area contributed by atoms with Gasteiger partial charge in [-0.05, 0) is 40.0 Å². The first-order valence-corrected chi connectivity index (χ1v) is 5.50. The molecule has 0 fully saturated rings. The Hall–Kier alpha value is -0.340. The third-order valence-corrected chi connectivity index (χ3v) is 2.84. The Morgan fingerprint density at radius 3 is 2.43 bits per heavy atom. The van der Waals surface area contributed by atoms with E-state index in [2.05, 4.69) is 20.4 Å². The summed E-state index contributed by atoms with van der Waals surface area (Å²) in [6.07, 6.45) is 2.90. The molecule has 84 valence electrons. The third kappa shape index (κ3) is 4.25. The fourth-order valence-corrected chi connectivity index (χ4v) is 1.51. The van der Waals surface area contributed by atoms with E-state index in [1.165, 1.54) is 5.57 Å². The molecule has 2 N–H and O–H groups in total. The van der Waals surface area contributed by atoms with Crippen LogP contribution in [0, 0.1) is 0 Å². The van der Waals surface area contributed by atoms with Crippen LogP contribution in [0.25, 0.3) is 0 Å². The van der Waals surface area contributed by atoms with Crippen molar-refractivity contribution in [1.29, 1.82) is 0 Å². The van der Waals surface area contributed by atoms with Crippen molar-refractivity contribution in [3.8, 4) is 0 Å². The molecule has 0 aromatic heterocycles. The van der Waals surface area contributed by atoms with Gasteiger partial charge in [-0.1, -0.05) is 12.5 Å². The van der Waals surface area contributed by atoms with E-state index >= 15 is 0 Å². The molecule has 0 bridgehead atoms. The fraction of sp³-hybridized carbons (Fsp3) is 0.833. The second kappa shape index (κ2) is 6.20. The van der Waals surface area contributed by atoms with Gasteiger partial charge in [-0.25, -0.2) is 0 Å². The van der Waals surface area contributed by atoms with Gasteiger partial charge in [0.05, 0.1) is 5.60 Å². The number of nitrogens with two attached hydrogens (primary N) is 1. The maximum atomic E-state index is 6.13. The monoisotopic (exact) mass is 199 g/mol. The fourth-order valence-electron chi connectivity index (χ4n) is 1.51. The lowest BCUT2D eigenvalue weighted by Gasteiger charge is -2.34. The molecule has 0 heterocycles. The molecule has 0 aliphatic heterocycles. The first-order valence-electron chi connectivity index (χ1n) is 5.50. The lowest BCUT2D eigenvalue weighted by molar-refractivity contribution is -0.0478. The lowest BCUT2D eigenvalue weighted by Crippen LogP contribution is -2.47. The summed E-state index contributed by atoms with van der Waals surface area (Å²) in [5.41, 5.74) is 7.14. The Labute approximate surface area is 88.5 Å². The van der Waals surface area contributed by atoms with E-state index < -0.39 is 0 Å². The van der Waals surface area contributed by atoms with Gasteiger partial charge in [0.1, 0.15) is 0 Å². The van der Waals surface area contributed by atoms with Crippen molar-refractivity contribution in [2.45, 2.75) is 58.6 Å². The maximum Gasteiger partial charge on any atom is 0.0802 e. The number of hydrogen-bond acceptors (Lipinski definition) is 2. The van der Waals surface area contributed by atoms with Crippen LogP contribution in [-0.4, -0.2) is 18.2 Å². The highest BCUT2D eigenvalue weighted by Crippen LogP contribution is 2.22. The molecule has 0 saturated carbocycles. The Balaban J connectivity index is 4.15. The molecule has 0 saturated heterocycles. The van der Waals surface area contributed by atoms with Gasteiger partial charge in [-0.3, -0.25) is 0 Å². The van der Waals surface area contributed by atoms with Crippen molar-refractivity contribution in [3.63, 3.8) is 0 Å². The van der Waals surface area contributed by atoms with E-state index in [0.29, 0.717) is 0 Å². The summed E-state index contributed by atoms with van der Waals surface area (Å²) >= 11 is 0. The Bertz CT molecular complexity index is 179. The van der Waals surface area contributed by atoms with Crippen molar-refractivity contribution in [2.75, 3.05) is 6.61 Å². The Kier molecular flexibility index (Phi) is 6.05. The second-order valence-corrected chi connectivity index (χ2v) is 4.20. The molecular weight excluding hydrogens is 174 g/mol. The average Bonchev–Trinajstić information content (AvgIpc) is 2.14. The molecule has 2 heteroatoms. The molecule has 2 unspecified atom stereocenters. The smallest absolute Gasteiger partial charge is 0.0802 e. The highest BCUT2D eigenvalue weighted by molar-refractivity contribution is 4.93. The van der Waals surface area contributed by atoms with E-state index in [1.54, 1.807) is 0 Å². The normalized spacial score (nSPS) is 17.5. The van der Waals surface area contributed by atoms with E-state index in [9.17, 15) is 0 Å². The molecule has 0 aromatic carbocycles. The highest BCUT2D eigenvalue weighted by Gasteiger charge is 2.29. The van der Waals surface area contributed by atoms with Gasteiger partial charge < -0.3 is 10.5 Å². The average molecular weight is 199 g/mol. The summed E-state index contributed by atoms with van der Waals surface area (Å²) in [6, 6.07) is 0.101. The molecule has 0 aliphatic rings. The van der Waals surface area contributed by atoms with Crippen LogP contribution in [0.5, 0.6) is 0 Å². The number of ether oxygens (including phenoxy) is 1. The van der Waals surface area contributed by atoms with E-state index in [-0.39, 0.29) is 11.6 Å². The van der Waals surface area contributed by atoms with Crippen LogP contribution in [0.2, 0.25) is 0 Å². The van der Waals surface area contributed by atoms with Gasteiger partial charge in [0, 0.05) is 12.6 Å². The van der Waals surface area contributed by atoms with Crippen LogP contribution in [0.4, 0.5) is 0 Å². The van der Waals surface area contributed by atoms with Crippen LogP contribution in [0.1, 0.15) is 47.0 Å². The number of hydrogen-bond donors (Lipinski definition) is 1. The Morgan fingerprint density at radius 2 is 2.07 bits per heavy atom. The molecular formula is C12H25NO. The maximum absolute atomic E-state index is 6.13. The summed E-state index contributed by atoms with van der Waals surface area (Å²) in [7, 11) is 0. The number of rotatable bonds is 7. The summed E-state index contributed by atoms with van der Waals surface area (Å²) in [4.78, 5) is 0. The molecule has 0 amide bonds. The predicted octanol–water partition coefficient (Wildman–Crippen LogP) is 2.88. The van der Waals surface area contributed by atoms with Gasteiger partial charge in [0.2, 0.25) is 0 Å². The van der Waals surface area contributed by atoms with Crippen molar-refractivity contribution < 1.29 is 4.74 Å². The Morgan fingerprint density at radius 1 is 1.50 bits per heavy atom. The molecule has 0 radical (unpaired) electrons. The molecule has 0 aromatic rings. The van der Waals surface area contributed by atoms with Crippen molar-refractivity contribution in [2.24, 2.45) is 5.73 Å². The summed E-state index contributed by atoms with van der Waals surface area (Å²) in [5.74, 6) is 0. The van der Waals surface area contributed by atoms with Crippen molar-refractivity contribution >= 4 is 0 Å². The van der Waals surface area contributed by atoms with Gasteiger partial charge in [0.15, 0.2) is 0 Å². The van der Waals surface area contributed by atoms with Crippen molar-refractivity contribution in [1.82, 2.24) is 0 Å². The first-order chi connectivity index (χ1) is 6.46. The first kappa shape index (κ1) is 13.7. The number of allylic oxidation sites excluding steroid dienone is 1. The summed E-state index contributed by atoms with van der Waals surface area (Å²) < 4.78 is 5.72. The summed E-state index contributed by atoms with van der Waals surface area (Å²) in [5, 5.41) is 0. The minimum Gasteiger partial charge on any atom is -0.374 e. The van der Waals surface area contributed by atoms with Gasteiger partial charge in [-0.2, -0.15) is 0 Å². The zero-order chi connectivity index (χ0) is 11.2. The van der Waals surface area contributed by atoms with Gasteiger partial charge in [-0.15, -0.1) is 6.58 Å². The molecule has 2 atom stereocenters. The van der Waals surface area contributed by atoms with E-state index in [1.807, 2.05) is 13.8 Å². The zero-order valence-corrected chi connectivity index (χ0v) is 10.1. The van der Waals surface area contributed by atoms with Crippen LogP contribution in [0.3, 0.4) is 0 Å². The van der Waals surface area contributed by atoms with Gasteiger partial charge >= 0.3 is 0 Å². The largest absolute Gasteiger partial charge is 0.374 e. The third-order valence-electron chi connectivity index (χ3n) is 2.84. The predicted molar refractivity (Wildman–Crippen MR) is 62.3 cm³/mol. The SMILES string of the molecule is C=C(C)CCC(N)C(C)(CC)OCC. The topological polar surface area (TPSA) is 35.2 Å². The molecule has 0 rings (SSSR count). The standard InChI is InChI=1S/C12H25NO/c1-6-12(5,14-7-2)11(13)9-8-10(3)4/h11H,3,6-9,13H2,1-2,4-5H3. The minimum atomic E-state index is -0.176. The molecule has 0 aliphatic carbocycles. The van der Waals surface area contributed by atoms with Gasteiger partial charge in [0.25, 0.3) is 0 Å². The van der Waals surface area contributed by atoms with Crippen LogP contribution >= 0.6 is 0 Å². The van der Waals surface area contributed by atoms with Crippen LogP contribution in [0.15, 0.2) is 12.2 Å². The zero-order valence-electron chi connectivity index (χ0n) is 10.1. The van der Waals surface area contributed by atoms with Crippen molar-refractivity contribution in [3.05, 3.63) is 12.2 Å².